The third-order valence-corrected chi connectivity index (χ3v) is 5.89. The summed E-state index contributed by atoms with van der Waals surface area (Å²) in [7, 11) is 0. The first-order valence-electron chi connectivity index (χ1n) is 11.1. The second-order valence-corrected chi connectivity index (χ2v) is 8.15. The quantitative estimate of drug-likeness (QED) is 0.386. The molecule has 28 heavy (non-hydrogen) atoms. The summed E-state index contributed by atoms with van der Waals surface area (Å²) in [4.78, 5) is 18.4. The van der Waals surface area contributed by atoms with E-state index in [0.29, 0.717) is 13.0 Å². The third kappa shape index (κ3) is 6.54. The number of hydrogen-bond donors (Lipinski definition) is 2. The third-order valence-electron chi connectivity index (χ3n) is 5.89. The maximum Gasteiger partial charge on any atom is 0.222 e. The zero-order valence-electron chi connectivity index (χ0n) is 17.4. The summed E-state index contributed by atoms with van der Waals surface area (Å²) in [5, 5.41) is 6.81. The molecule has 0 radical (unpaired) electrons. The molecule has 2 fully saturated rings. The number of hydrogen-bond acceptors (Lipinski definition) is 2. The number of nitrogens with zero attached hydrogens (tertiary/aromatic N) is 2. The first kappa shape index (κ1) is 20.7. The van der Waals surface area contributed by atoms with Crippen LogP contribution in [-0.4, -0.2) is 36.4 Å². The molecular formula is C23H36N4O. The van der Waals surface area contributed by atoms with Crippen molar-refractivity contribution in [2.75, 3.05) is 19.6 Å². The molecule has 0 unspecified atom stereocenters. The summed E-state index contributed by atoms with van der Waals surface area (Å²) in [6.07, 6.45) is 9.96. The Morgan fingerprint density at radius 3 is 2.54 bits per heavy atom. The van der Waals surface area contributed by atoms with E-state index in [1.807, 2.05) is 4.90 Å². The van der Waals surface area contributed by atoms with Gasteiger partial charge >= 0.3 is 0 Å². The molecule has 0 bridgehead atoms. The molecule has 5 nitrogen and oxygen atoms in total. The maximum absolute atomic E-state index is 11.8. The largest absolute Gasteiger partial charge is 0.357 e. The van der Waals surface area contributed by atoms with Gasteiger partial charge in [-0.25, -0.2) is 4.99 Å². The summed E-state index contributed by atoms with van der Waals surface area (Å²) >= 11 is 0. The lowest BCUT2D eigenvalue weighted by Gasteiger charge is -2.15. The van der Waals surface area contributed by atoms with E-state index in [1.54, 1.807) is 0 Å². The number of carbonyl (C=O) groups excluding carboxylic acids is 1. The fourth-order valence-corrected chi connectivity index (χ4v) is 4.25. The molecule has 2 aliphatic rings. The number of aliphatic imine (C=N–C) groups is 1. The smallest absolute Gasteiger partial charge is 0.222 e. The zero-order chi connectivity index (χ0) is 19.6. The molecule has 0 spiro atoms. The van der Waals surface area contributed by atoms with Gasteiger partial charge < -0.3 is 15.5 Å². The normalized spacial score (nSPS) is 18.1. The van der Waals surface area contributed by atoms with Crippen LogP contribution in [-0.2, 0) is 17.9 Å². The highest BCUT2D eigenvalue weighted by Gasteiger charge is 2.19. The van der Waals surface area contributed by atoms with Gasteiger partial charge in [0.2, 0.25) is 5.91 Å². The minimum Gasteiger partial charge on any atom is -0.357 e. The Hall–Kier alpha value is -2.04. The fourth-order valence-electron chi connectivity index (χ4n) is 4.25. The molecule has 1 heterocycles. The molecule has 154 valence electrons. The molecule has 1 aliphatic heterocycles. The van der Waals surface area contributed by atoms with Crippen LogP contribution in [0.15, 0.2) is 29.3 Å². The van der Waals surface area contributed by atoms with Crippen molar-refractivity contribution in [3.63, 3.8) is 0 Å². The molecule has 2 N–H and O–H groups in total. The Balaban J connectivity index is 1.43. The monoisotopic (exact) mass is 384 g/mol. The van der Waals surface area contributed by atoms with Crippen molar-refractivity contribution in [3.05, 3.63) is 35.4 Å². The molecule has 1 aliphatic carbocycles. The van der Waals surface area contributed by atoms with Crippen LogP contribution >= 0.6 is 0 Å². The van der Waals surface area contributed by atoms with Gasteiger partial charge in [-0.2, -0.15) is 0 Å². The lowest BCUT2D eigenvalue weighted by Crippen LogP contribution is -2.37. The van der Waals surface area contributed by atoms with Crippen LogP contribution in [0, 0.1) is 5.92 Å². The molecule has 1 aromatic carbocycles. The Kier molecular flexibility index (Phi) is 8.19. The van der Waals surface area contributed by atoms with Gasteiger partial charge in [0.25, 0.3) is 0 Å². The lowest BCUT2D eigenvalue weighted by atomic mass is 10.0. The topological polar surface area (TPSA) is 56.7 Å². The fraction of sp³-hybridized carbons (Fsp3) is 0.652. The molecule has 0 aromatic heterocycles. The number of rotatable bonds is 9. The van der Waals surface area contributed by atoms with Gasteiger partial charge in [-0.15, -0.1) is 0 Å². The predicted octanol–water partition coefficient (Wildman–Crippen LogP) is 3.83. The van der Waals surface area contributed by atoms with Crippen LogP contribution in [0.1, 0.15) is 69.4 Å². The van der Waals surface area contributed by atoms with Gasteiger partial charge in [0, 0.05) is 32.6 Å². The minimum atomic E-state index is 0.281. The van der Waals surface area contributed by atoms with E-state index in [2.05, 4.69) is 41.8 Å². The van der Waals surface area contributed by atoms with Gasteiger partial charge in [0.05, 0.1) is 6.54 Å². The second kappa shape index (κ2) is 11.1. The molecular weight excluding hydrogens is 348 g/mol. The Bertz CT molecular complexity index is 635. The van der Waals surface area contributed by atoms with Crippen molar-refractivity contribution >= 4 is 11.9 Å². The molecule has 1 aromatic rings. The number of carbonyl (C=O) groups is 1. The minimum absolute atomic E-state index is 0.281. The van der Waals surface area contributed by atoms with Crippen molar-refractivity contribution in [2.24, 2.45) is 10.9 Å². The molecule has 3 rings (SSSR count). The van der Waals surface area contributed by atoms with Crippen LogP contribution in [0.5, 0.6) is 0 Å². The summed E-state index contributed by atoms with van der Waals surface area (Å²) in [6, 6.07) is 8.50. The number of nitrogens with one attached hydrogen (secondary N) is 2. The molecule has 1 amide bonds. The summed E-state index contributed by atoms with van der Waals surface area (Å²) in [6.45, 7) is 6.25. The van der Waals surface area contributed by atoms with E-state index in [4.69, 9.17) is 4.99 Å². The van der Waals surface area contributed by atoms with E-state index >= 15 is 0 Å². The average Bonchev–Trinajstić information content (AvgIpc) is 3.36. The number of likely N-dealkylation sites (tertiary alicyclic amines) is 1. The molecule has 1 saturated heterocycles. The van der Waals surface area contributed by atoms with Gasteiger partial charge in [0.15, 0.2) is 5.96 Å². The number of guanidine groups is 1. The average molecular weight is 385 g/mol. The Morgan fingerprint density at radius 2 is 1.86 bits per heavy atom. The van der Waals surface area contributed by atoms with Gasteiger partial charge in [-0.1, -0.05) is 49.9 Å². The van der Waals surface area contributed by atoms with Crippen molar-refractivity contribution in [1.29, 1.82) is 0 Å². The number of benzene rings is 1. The Morgan fingerprint density at radius 1 is 1.11 bits per heavy atom. The van der Waals surface area contributed by atoms with Crippen LogP contribution in [0.3, 0.4) is 0 Å². The van der Waals surface area contributed by atoms with Crippen LogP contribution < -0.4 is 10.6 Å². The first-order chi connectivity index (χ1) is 13.7. The van der Waals surface area contributed by atoms with E-state index in [-0.39, 0.29) is 5.91 Å². The standard InChI is InChI=1S/C23H36N4O/c1-2-24-23(25-15-5-9-19-7-3-4-8-19)26-17-20-11-13-21(14-12-20)18-27-16-6-10-22(27)28/h11-14,19H,2-10,15-18H2,1H3,(H2,24,25,26). The highest BCUT2D eigenvalue weighted by atomic mass is 16.2. The van der Waals surface area contributed by atoms with Crippen molar-refractivity contribution in [3.8, 4) is 0 Å². The van der Waals surface area contributed by atoms with E-state index in [1.165, 1.54) is 49.7 Å². The zero-order valence-corrected chi connectivity index (χ0v) is 17.4. The van der Waals surface area contributed by atoms with Crippen molar-refractivity contribution in [2.45, 2.75) is 71.4 Å². The van der Waals surface area contributed by atoms with Gasteiger partial charge in [-0.3, -0.25) is 4.79 Å². The summed E-state index contributed by atoms with van der Waals surface area (Å²) in [5.41, 5.74) is 2.39. The van der Waals surface area contributed by atoms with Gasteiger partial charge in [-0.05, 0) is 43.2 Å². The lowest BCUT2D eigenvalue weighted by molar-refractivity contribution is -0.128. The predicted molar refractivity (Wildman–Crippen MR) is 115 cm³/mol. The highest BCUT2D eigenvalue weighted by Crippen LogP contribution is 2.28. The molecule has 1 saturated carbocycles. The summed E-state index contributed by atoms with van der Waals surface area (Å²) < 4.78 is 0. The number of amides is 1. The van der Waals surface area contributed by atoms with Crippen LogP contribution in [0.4, 0.5) is 0 Å². The summed E-state index contributed by atoms with van der Waals surface area (Å²) in [5.74, 6) is 2.14. The van der Waals surface area contributed by atoms with E-state index in [9.17, 15) is 4.79 Å². The van der Waals surface area contributed by atoms with Gasteiger partial charge in [0.1, 0.15) is 0 Å². The Labute approximate surface area is 170 Å². The van der Waals surface area contributed by atoms with Crippen molar-refractivity contribution in [1.82, 2.24) is 15.5 Å². The van der Waals surface area contributed by atoms with Crippen molar-refractivity contribution < 1.29 is 4.79 Å². The molecule has 0 atom stereocenters. The second-order valence-electron chi connectivity index (χ2n) is 8.15. The highest BCUT2D eigenvalue weighted by molar-refractivity contribution is 5.79. The SMILES string of the molecule is CCNC(=NCc1ccc(CN2CCCC2=O)cc1)NCCCC1CCCC1. The van der Waals surface area contributed by atoms with Crippen LogP contribution in [0.25, 0.3) is 0 Å². The molecule has 5 heteroatoms. The first-order valence-corrected chi connectivity index (χ1v) is 11.1. The van der Waals surface area contributed by atoms with Crippen LogP contribution in [0.2, 0.25) is 0 Å². The van der Waals surface area contributed by atoms with E-state index < -0.39 is 0 Å². The van der Waals surface area contributed by atoms with E-state index in [0.717, 1.165) is 44.5 Å². The maximum atomic E-state index is 11.8.